The lowest BCUT2D eigenvalue weighted by molar-refractivity contribution is -0.120. The molecule has 0 bridgehead atoms. The Labute approximate surface area is 158 Å². The summed E-state index contributed by atoms with van der Waals surface area (Å²) in [6.45, 7) is 3.73. The van der Waals surface area contributed by atoms with Crippen LogP contribution in [0.3, 0.4) is 0 Å². The minimum Gasteiger partial charge on any atom is -0.507 e. The number of hydrazone groups is 1. The summed E-state index contributed by atoms with van der Waals surface area (Å²) in [6.07, 6.45) is 0.0518. The monoisotopic (exact) mass is 369 g/mol. The highest BCUT2D eigenvalue weighted by atomic mass is 16.5. The lowest BCUT2D eigenvalue weighted by Crippen LogP contribution is -2.26. The third-order valence-corrected chi connectivity index (χ3v) is 3.90. The van der Waals surface area contributed by atoms with Crippen molar-refractivity contribution in [1.82, 2.24) is 10.7 Å². The number of phenolic OH excluding ortho intramolecular Hbond substituents is 1. The Morgan fingerprint density at radius 2 is 1.85 bits per heavy atom. The number of amides is 2. The minimum atomic E-state index is -0.533. The lowest BCUT2D eigenvalue weighted by Gasteiger charge is -2.07. The van der Waals surface area contributed by atoms with Gasteiger partial charge in [0.2, 0.25) is 5.91 Å². The van der Waals surface area contributed by atoms with Crippen molar-refractivity contribution in [3.63, 3.8) is 0 Å². The molecular formula is C20H23N3O4. The standard InChI is InChI=1S/C20H23N3O4/c1-13-5-4-6-17(19(13)25)20(26)23-22-14(2)11-18(24)21-12-15-7-9-16(27-3)10-8-15/h4-10,25H,11-12H2,1-3H3,(H,21,24)(H,23,26)/b22-14+. The molecule has 2 rings (SSSR count). The van der Waals surface area contributed by atoms with E-state index in [1.54, 1.807) is 33.1 Å². The zero-order valence-corrected chi connectivity index (χ0v) is 15.6. The molecule has 0 unspecified atom stereocenters. The van der Waals surface area contributed by atoms with Crippen LogP contribution in [0.1, 0.15) is 34.8 Å². The summed E-state index contributed by atoms with van der Waals surface area (Å²) >= 11 is 0. The SMILES string of the molecule is COc1ccc(CNC(=O)C/C(C)=N/NC(=O)c2cccc(C)c2O)cc1. The van der Waals surface area contributed by atoms with Gasteiger partial charge in [0.05, 0.1) is 19.1 Å². The highest BCUT2D eigenvalue weighted by Crippen LogP contribution is 2.21. The topological polar surface area (TPSA) is 100 Å². The molecule has 142 valence electrons. The number of aromatic hydroxyl groups is 1. The van der Waals surface area contributed by atoms with Crippen molar-refractivity contribution in [3.05, 3.63) is 59.2 Å². The van der Waals surface area contributed by atoms with Gasteiger partial charge in [-0.2, -0.15) is 5.10 Å². The zero-order valence-electron chi connectivity index (χ0n) is 15.6. The number of methoxy groups -OCH3 is 1. The van der Waals surface area contributed by atoms with Gasteiger partial charge in [0.1, 0.15) is 11.5 Å². The first-order valence-electron chi connectivity index (χ1n) is 8.42. The minimum absolute atomic E-state index is 0.0518. The van der Waals surface area contributed by atoms with Crippen molar-refractivity contribution in [2.24, 2.45) is 5.10 Å². The van der Waals surface area contributed by atoms with E-state index in [0.717, 1.165) is 11.3 Å². The number of hydrogen-bond acceptors (Lipinski definition) is 5. The van der Waals surface area contributed by atoms with E-state index in [9.17, 15) is 14.7 Å². The molecule has 0 saturated carbocycles. The van der Waals surface area contributed by atoms with E-state index < -0.39 is 5.91 Å². The molecule has 7 heteroatoms. The molecule has 2 aromatic carbocycles. The van der Waals surface area contributed by atoms with Gasteiger partial charge in [-0.3, -0.25) is 9.59 Å². The quantitative estimate of drug-likeness (QED) is 0.516. The van der Waals surface area contributed by atoms with E-state index in [4.69, 9.17) is 4.74 Å². The summed E-state index contributed by atoms with van der Waals surface area (Å²) in [5.74, 6) is -0.0718. The molecule has 0 aliphatic heterocycles. The average molecular weight is 369 g/mol. The van der Waals surface area contributed by atoms with E-state index in [1.165, 1.54) is 6.07 Å². The number of rotatable bonds is 7. The van der Waals surface area contributed by atoms with Crippen LogP contribution in [0.25, 0.3) is 0 Å². The highest BCUT2D eigenvalue weighted by Gasteiger charge is 2.12. The number of nitrogens with zero attached hydrogens (tertiary/aromatic N) is 1. The van der Waals surface area contributed by atoms with Gasteiger partial charge in [-0.15, -0.1) is 0 Å². The molecule has 0 heterocycles. The Hall–Kier alpha value is -3.35. The van der Waals surface area contributed by atoms with Crippen LogP contribution < -0.4 is 15.5 Å². The third-order valence-electron chi connectivity index (χ3n) is 3.90. The average Bonchev–Trinajstić information content (AvgIpc) is 2.67. The van der Waals surface area contributed by atoms with Crippen molar-refractivity contribution >= 4 is 17.5 Å². The maximum absolute atomic E-state index is 12.1. The molecule has 0 spiro atoms. The van der Waals surface area contributed by atoms with Crippen LogP contribution in [0.4, 0.5) is 0 Å². The van der Waals surface area contributed by atoms with Gasteiger partial charge in [0, 0.05) is 12.3 Å². The molecule has 0 atom stereocenters. The number of para-hydroxylation sites is 1. The van der Waals surface area contributed by atoms with E-state index in [-0.39, 0.29) is 23.6 Å². The molecule has 0 aromatic heterocycles. The van der Waals surface area contributed by atoms with Gasteiger partial charge >= 0.3 is 0 Å². The van der Waals surface area contributed by atoms with Crippen LogP contribution in [-0.2, 0) is 11.3 Å². The van der Waals surface area contributed by atoms with Crippen molar-refractivity contribution in [3.8, 4) is 11.5 Å². The number of hydrogen-bond donors (Lipinski definition) is 3. The Morgan fingerprint density at radius 1 is 1.15 bits per heavy atom. The van der Waals surface area contributed by atoms with E-state index >= 15 is 0 Å². The van der Waals surface area contributed by atoms with Crippen molar-refractivity contribution in [2.75, 3.05) is 7.11 Å². The predicted octanol–water partition coefficient (Wildman–Crippen LogP) is 2.52. The van der Waals surface area contributed by atoms with E-state index in [1.807, 2.05) is 24.3 Å². The second kappa shape index (κ2) is 9.38. The molecule has 2 aromatic rings. The van der Waals surface area contributed by atoms with Gasteiger partial charge < -0.3 is 15.2 Å². The second-order valence-electron chi connectivity index (χ2n) is 6.06. The molecule has 0 radical (unpaired) electrons. The number of carbonyl (C=O) groups is 2. The van der Waals surface area contributed by atoms with Crippen LogP contribution in [0, 0.1) is 6.92 Å². The van der Waals surface area contributed by atoms with Crippen molar-refractivity contribution in [2.45, 2.75) is 26.8 Å². The van der Waals surface area contributed by atoms with Crippen molar-refractivity contribution < 1.29 is 19.4 Å². The third kappa shape index (κ3) is 5.85. The number of carbonyl (C=O) groups excluding carboxylic acids is 2. The molecule has 2 amide bonds. The maximum atomic E-state index is 12.1. The van der Waals surface area contributed by atoms with Crippen LogP contribution in [0.2, 0.25) is 0 Å². The summed E-state index contributed by atoms with van der Waals surface area (Å²) in [4.78, 5) is 24.1. The van der Waals surface area contributed by atoms with Crippen molar-refractivity contribution in [1.29, 1.82) is 0 Å². The molecule has 0 fully saturated rings. The lowest BCUT2D eigenvalue weighted by atomic mass is 10.1. The summed E-state index contributed by atoms with van der Waals surface area (Å²) in [7, 11) is 1.60. The van der Waals surface area contributed by atoms with Gasteiger partial charge in [-0.05, 0) is 43.2 Å². The van der Waals surface area contributed by atoms with Gasteiger partial charge in [-0.25, -0.2) is 5.43 Å². The summed E-state index contributed by atoms with van der Waals surface area (Å²) in [5.41, 5.74) is 4.48. The molecular weight excluding hydrogens is 346 g/mol. The number of aryl methyl sites for hydroxylation is 1. The molecule has 0 aliphatic rings. The first kappa shape index (κ1) is 20.0. The molecule has 0 saturated heterocycles. The second-order valence-corrected chi connectivity index (χ2v) is 6.06. The fourth-order valence-electron chi connectivity index (χ4n) is 2.33. The number of nitrogens with one attached hydrogen (secondary N) is 2. The van der Waals surface area contributed by atoms with Crippen LogP contribution in [0.15, 0.2) is 47.6 Å². The Balaban J connectivity index is 1.84. The Kier molecular flexibility index (Phi) is 6.93. The fourth-order valence-corrected chi connectivity index (χ4v) is 2.33. The van der Waals surface area contributed by atoms with E-state index in [2.05, 4.69) is 15.8 Å². The fraction of sp³-hybridized carbons (Fsp3) is 0.250. The summed E-state index contributed by atoms with van der Waals surface area (Å²) in [6, 6.07) is 12.3. The largest absolute Gasteiger partial charge is 0.507 e. The summed E-state index contributed by atoms with van der Waals surface area (Å²) in [5, 5.41) is 16.6. The predicted molar refractivity (Wildman–Crippen MR) is 103 cm³/mol. The number of ether oxygens (including phenoxy) is 1. The number of phenols is 1. The first-order chi connectivity index (χ1) is 12.9. The Morgan fingerprint density at radius 3 is 2.52 bits per heavy atom. The van der Waals surface area contributed by atoms with E-state index in [0.29, 0.717) is 17.8 Å². The van der Waals surface area contributed by atoms with Gasteiger partial charge in [-0.1, -0.05) is 24.3 Å². The normalized spacial score (nSPS) is 11.0. The maximum Gasteiger partial charge on any atom is 0.275 e. The van der Waals surface area contributed by atoms with Gasteiger partial charge in [0.25, 0.3) is 5.91 Å². The van der Waals surface area contributed by atoms with Gasteiger partial charge in [0.15, 0.2) is 0 Å². The first-order valence-corrected chi connectivity index (χ1v) is 8.42. The zero-order chi connectivity index (χ0) is 19.8. The Bertz CT molecular complexity index is 845. The smallest absolute Gasteiger partial charge is 0.275 e. The van der Waals surface area contributed by atoms with Crippen LogP contribution in [0.5, 0.6) is 11.5 Å². The van der Waals surface area contributed by atoms with Crippen LogP contribution >= 0.6 is 0 Å². The molecule has 0 aliphatic carbocycles. The molecule has 27 heavy (non-hydrogen) atoms. The van der Waals surface area contributed by atoms with Crippen LogP contribution in [-0.4, -0.2) is 29.7 Å². The molecule has 3 N–H and O–H groups in total. The highest BCUT2D eigenvalue weighted by molar-refractivity contribution is 6.01. The summed E-state index contributed by atoms with van der Waals surface area (Å²) < 4.78 is 5.09. The molecule has 7 nitrogen and oxygen atoms in total. The number of benzene rings is 2.